The highest BCUT2D eigenvalue weighted by Gasteiger charge is 2.22. The highest BCUT2D eigenvalue weighted by atomic mass is 19.2. The fraction of sp³-hybridized carbons (Fsp3) is 0.192. The minimum Gasteiger partial charge on any atom is -0.486 e. The maximum absolute atomic E-state index is 14.4. The monoisotopic (exact) mass is 460 g/mol. The molecule has 0 fully saturated rings. The molecule has 0 unspecified atom stereocenters. The number of benzene rings is 2. The average molecular weight is 460 g/mol. The predicted octanol–water partition coefficient (Wildman–Crippen LogP) is 4.97. The molecular formula is C26H22F2N4O2. The minimum absolute atomic E-state index is 0.111. The van der Waals surface area contributed by atoms with Crippen molar-refractivity contribution in [3.63, 3.8) is 0 Å². The summed E-state index contributed by atoms with van der Waals surface area (Å²) in [6.07, 6.45) is 2.39. The zero-order valence-electron chi connectivity index (χ0n) is 18.5. The second-order valence-corrected chi connectivity index (χ2v) is 7.92. The van der Waals surface area contributed by atoms with Crippen molar-refractivity contribution in [3.8, 4) is 23.1 Å². The van der Waals surface area contributed by atoms with E-state index in [9.17, 15) is 8.78 Å². The van der Waals surface area contributed by atoms with Crippen LogP contribution >= 0.6 is 0 Å². The van der Waals surface area contributed by atoms with E-state index in [1.807, 2.05) is 47.4 Å². The summed E-state index contributed by atoms with van der Waals surface area (Å²) in [6, 6.07) is 17.5. The zero-order valence-corrected chi connectivity index (χ0v) is 18.5. The lowest BCUT2D eigenvalue weighted by Gasteiger charge is -2.30. The molecule has 0 bridgehead atoms. The van der Waals surface area contributed by atoms with Crippen molar-refractivity contribution in [2.45, 2.75) is 19.6 Å². The van der Waals surface area contributed by atoms with Gasteiger partial charge in [0.05, 0.1) is 12.8 Å². The van der Waals surface area contributed by atoms with E-state index < -0.39 is 11.6 Å². The van der Waals surface area contributed by atoms with Crippen LogP contribution in [-0.4, -0.2) is 28.6 Å². The Labute approximate surface area is 195 Å². The summed E-state index contributed by atoms with van der Waals surface area (Å²) in [5.41, 5.74) is 3.89. The highest BCUT2D eigenvalue weighted by molar-refractivity contribution is 5.55. The molecule has 2 aromatic heterocycles. The molecule has 1 aliphatic rings. The Morgan fingerprint density at radius 1 is 1.00 bits per heavy atom. The maximum atomic E-state index is 14.4. The van der Waals surface area contributed by atoms with Crippen molar-refractivity contribution in [2.75, 3.05) is 18.6 Å². The molecule has 0 saturated heterocycles. The van der Waals surface area contributed by atoms with Crippen molar-refractivity contribution in [1.29, 1.82) is 0 Å². The fourth-order valence-corrected chi connectivity index (χ4v) is 3.89. The molecule has 4 aromatic rings. The summed E-state index contributed by atoms with van der Waals surface area (Å²) >= 11 is 0. The van der Waals surface area contributed by atoms with E-state index in [0.717, 1.165) is 16.8 Å². The summed E-state index contributed by atoms with van der Waals surface area (Å²) < 4.78 is 39.6. The van der Waals surface area contributed by atoms with E-state index in [2.05, 4.69) is 15.0 Å². The lowest BCUT2D eigenvalue weighted by molar-refractivity contribution is 0.284. The molecule has 3 heterocycles. The van der Waals surface area contributed by atoms with Crippen LogP contribution in [-0.2, 0) is 19.6 Å². The van der Waals surface area contributed by atoms with Crippen LogP contribution in [0.2, 0.25) is 0 Å². The number of ether oxygens (including phenoxy) is 2. The van der Waals surface area contributed by atoms with Crippen molar-refractivity contribution >= 4 is 5.69 Å². The van der Waals surface area contributed by atoms with Gasteiger partial charge in [-0.15, -0.1) is 0 Å². The van der Waals surface area contributed by atoms with Gasteiger partial charge < -0.3 is 14.4 Å². The number of hydrogen-bond donors (Lipinski definition) is 0. The normalized spacial score (nSPS) is 12.9. The molecule has 6 nitrogen and oxygen atoms in total. The third-order valence-electron chi connectivity index (χ3n) is 5.68. The summed E-state index contributed by atoms with van der Waals surface area (Å²) in [5, 5.41) is 0. The van der Waals surface area contributed by atoms with Crippen LogP contribution in [0.3, 0.4) is 0 Å². The average Bonchev–Trinajstić information content (AvgIpc) is 2.89. The van der Waals surface area contributed by atoms with Gasteiger partial charge in [-0.1, -0.05) is 36.4 Å². The number of halogens is 2. The van der Waals surface area contributed by atoms with E-state index in [1.165, 1.54) is 6.07 Å². The van der Waals surface area contributed by atoms with E-state index >= 15 is 0 Å². The van der Waals surface area contributed by atoms with Gasteiger partial charge in [0.1, 0.15) is 12.3 Å². The number of fused-ring (bicyclic) bond motifs is 1. The van der Waals surface area contributed by atoms with Crippen molar-refractivity contribution in [3.05, 3.63) is 95.3 Å². The molecule has 8 heteroatoms. The first kappa shape index (κ1) is 21.8. The number of methoxy groups -OCH3 is 1. The number of rotatable bonds is 6. The molecule has 5 rings (SSSR count). The van der Waals surface area contributed by atoms with Gasteiger partial charge in [-0.05, 0) is 11.6 Å². The topological polar surface area (TPSA) is 60.4 Å². The molecule has 34 heavy (non-hydrogen) atoms. The molecule has 0 atom stereocenters. The maximum Gasteiger partial charge on any atom is 0.213 e. The Bertz CT molecular complexity index is 1320. The number of pyridine rings is 1. The lowest BCUT2D eigenvalue weighted by atomic mass is 10.1. The molecule has 1 aliphatic heterocycles. The van der Waals surface area contributed by atoms with E-state index in [1.54, 1.807) is 25.4 Å². The predicted molar refractivity (Wildman–Crippen MR) is 124 cm³/mol. The molecular weight excluding hydrogens is 438 g/mol. The van der Waals surface area contributed by atoms with Crippen LogP contribution in [0.5, 0.6) is 11.6 Å². The van der Waals surface area contributed by atoms with Gasteiger partial charge in [0.2, 0.25) is 11.7 Å². The van der Waals surface area contributed by atoms with Crippen molar-refractivity contribution in [2.24, 2.45) is 0 Å². The second-order valence-electron chi connectivity index (χ2n) is 7.92. The quantitative estimate of drug-likeness (QED) is 0.405. The lowest BCUT2D eigenvalue weighted by Crippen LogP contribution is -2.31. The van der Waals surface area contributed by atoms with Gasteiger partial charge in [0.15, 0.2) is 17.4 Å². The number of aromatic nitrogens is 3. The number of nitrogens with zero attached hydrogens (tertiary/aromatic N) is 4. The fourth-order valence-electron chi connectivity index (χ4n) is 3.89. The molecule has 0 amide bonds. The third-order valence-corrected chi connectivity index (χ3v) is 5.68. The molecule has 0 aliphatic carbocycles. The van der Waals surface area contributed by atoms with Crippen LogP contribution in [0.4, 0.5) is 14.5 Å². The van der Waals surface area contributed by atoms with Gasteiger partial charge in [0, 0.05) is 55.2 Å². The van der Waals surface area contributed by atoms with Crippen LogP contribution in [0.1, 0.15) is 16.8 Å². The summed E-state index contributed by atoms with van der Waals surface area (Å²) in [6.45, 7) is 1.22. The Morgan fingerprint density at radius 3 is 2.68 bits per heavy atom. The second kappa shape index (κ2) is 9.43. The Balaban J connectivity index is 1.35. The highest BCUT2D eigenvalue weighted by Crippen LogP contribution is 2.31. The van der Waals surface area contributed by atoms with Crippen LogP contribution < -0.4 is 14.4 Å². The van der Waals surface area contributed by atoms with Gasteiger partial charge in [-0.25, -0.2) is 19.3 Å². The van der Waals surface area contributed by atoms with Crippen molar-refractivity contribution in [1.82, 2.24) is 15.0 Å². The summed E-state index contributed by atoms with van der Waals surface area (Å²) in [4.78, 5) is 15.5. The van der Waals surface area contributed by atoms with E-state index in [0.29, 0.717) is 42.6 Å². The molecule has 0 radical (unpaired) electrons. The van der Waals surface area contributed by atoms with Crippen LogP contribution in [0.15, 0.2) is 66.9 Å². The largest absolute Gasteiger partial charge is 0.486 e. The molecule has 2 aromatic carbocycles. The first-order valence-corrected chi connectivity index (χ1v) is 10.9. The third kappa shape index (κ3) is 4.52. The molecule has 0 N–H and O–H groups in total. The minimum atomic E-state index is -0.990. The standard InChI is InChI=1S/C26H22F2N4O2/c1-33-24-9-5-8-22(30-24)26-29-14-18-15-32(11-10-21(18)31-26)19-12-20(27)25(28)23(13-19)34-16-17-6-3-2-4-7-17/h2-9,12-14H,10-11,15-16H2,1H3. The van der Waals surface area contributed by atoms with Crippen LogP contribution in [0.25, 0.3) is 11.5 Å². The summed E-state index contributed by atoms with van der Waals surface area (Å²) in [5.74, 6) is -1.03. The van der Waals surface area contributed by atoms with Crippen LogP contribution in [0, 0.1) is 11.6 Å². The zero-order chi connectivity index (χ0) is 23.5. The molecule has 0 spiro atoms. The van der Waals surface area contributed by atoms with Gasteiger partial charge in [0.25, 0.3) is 0 Å². The summed E-state index contributed by atoms with van der Waals surface area (Å²) in [7, 11) is 1.56. The Kier molecular flexibility index (Phi) is 6.03. The Hall–Kier alpha value is -4.07. The number of hydrogen-bond acceptors (Lipinski definition) is 6. The Morgan fingerprint density at radius 2 is 1.85 bits per heavy atom. The first-order chi connectivity index (χ1) is 16.6. The van der Waals surface area contributed by atoms with Crippen molar-refractivity contribution < 1.29 is 18.3 Å². The molecule has 172 valence electrons. The molecule has 0 saturated carbocycles. The van der Waals surface area contributed by atoms with Gasteiger partial charge >= 0.3 is 0 Å². The van der Waals surface area contributed by atoms with Gasteiger partial charge in [-0.2, -0.15) is 4.39 Å². The van der Waals surface area contributed by atoms with E-state index in [-0.39, 0.29) is 12.4 Å². The first-order valence-electron chi connectivity index (χ1n) is 10.9. The van der Waals surface area contributed by atoms with Gasteiger partial charge in [-0.3, -0.25) is 0 Å². The van der Waals surface area contributed by atoms with E-state index in [4.69, 9.17) is 9.47 Å². The SMILES string of the molecule is COc1cccc(-c2ncc3c(n2)CCN(c2cc(F)c(F)c(OCc4ccccc4)c2)C3)n1. The smallest absolute Gasteiger partial charge is 0.213 e. The number of anilines is 1.